The third-order valence-corrected chi connectivity index (χ3v) is 13.2. The third kappa shape index (κ3) is 38.5. The van der Waals surface area contributed by atoms with Crippen LogP contribution in [-0.4, -0.2) is 98.3 Å². The van der Waals surface area contributed by atoms with Crippen LogP contribution in [0.5, 0.6) is 0 Å². The zero-order valence-electron chi connectivity index (χ0n) is 37.4. The molecule has 0 bridgehead atoms. The second kappa shape index (κ2) is 43.6. The van der Waals surface area contributed by atoms with E-state index in [0.717, 1.165) is 56.9 Å². The first kappa shape index (κ1) is 55.0. The molecule has 10 heteroatoms. The summed E-state index contributed by atoms with van der Waals surface area (Å²) in [6.45, 7) is 16.6. The van der Waals surface area contributed by atoms with Gasteiger partial charge in [0, 0.05) is 31.0 Å². The maximum absolute atomic E-state index is 12.8. The summed E-state index contributed by atoms with van der Waals surface area (Å²) in [7, 11) is 3.68. The molecule has 0 aliphatic carbocycles. The second-order valence-electron chi connectivity index (χ2n) is 15.7. The Morgan fingerprint density at radius 2 is 0.839 bits per heavy atom. The van der Waals surface area contributed by atoms with Crippen LogP contribution in [0.3, 0.4) is 0 Å². The fourth-order valence-corrected chi connectivity index (χ4v) is 8.99. The summed E-state index contributed by atoms with van der Waals surface area (Å²) in [5.41, 5.74) is 0. The Labute approximate surface area is 354 Å². The normalized spacial score (nSPS) is 11.6. The SMILES string of the molecule is CCCCCCCCCCSSCCOC(=O)CCN(CCCN(CC)CC)CCC(=O)OCCOC(=O)CC(CCCCCCCC)CCCCCCCC. The zero-order chi connectivity index (χ0) is 41.2. The van der Waals surface area contributed by atoms with Gasteiger partial charge in [-0.3, -0.25) is 14.4 Å². The van der Waals surface area contributed by atoms with Crippen LogP contribution in [0.4, 0.5) is 0 Å². The van der Waals surface area contributed by atoms with Crippen molar-refractivity contribution in [1.82, 2.24) is 9.80 Å². The fraction of sp³-hybridized carbons (Fsp3) is 0.935. The van der Waals surface area contributed by atoms with E-state index in [9.17, 15) is 14.4 Å². The molecule has 0 unspecified atom stereocenters. The molecule has 56 heavy (non-hydrogen) atoms. The van der Waals surface area contributed by atoms with Crippen LogP contribution >= 0.6 is 21.6 Å². The van der Waals surface area contributed by atoms with E-state index in [4.69, 9.17) is 14.2 Å². The number of nitrogens with zero attached hydrogens (tertiary/aromatic N) is 2. The molecule has 8 nitrogen and oxygen atoms in total. The Bertz CT molecular complexity index is 863. The third-order valence-electron chi connectivity index (χ3n) is 10.7. The Balaban J connectivity index is 4.48. The molecule has 0 heterocycles. The number of hydrogen-bond donors (Lipinski definition) is 0. The number of carbonyl (C=O) groups is 3. The molecule has 0 saturated carbocycles. The lowest BCUT2D eigenvalue weighted by Crippen LogP contribution is -2.33. The van der Waals surface area contributed by atoms with Crippen molar-refractivity contribution in [3.8, 4) is 0 Å². The predicted molar refractivity (Wildman–Crippen MR) is 243 cm³/mol. The van der Waals surface area contributed by atoms with E-state index < -0.39 is 0 Å². The molecule has 0 atom stereocenters. The van der Waals surface area contributed by atoms with Crippen molar-refractivity contribution in [2.75, 3.05) is 70.6 Å². The van der Waals surface area contributed by atoms with Crippen LogP contribution in [-0.2, 0) is 28.6 Å². The monoisotopic (exact) mass is 831 g/mol. The van der Waals surface area contributed by atoms with Gasteiger partial charge in [0.15, 0.2) is 0 Å². The minimum Gasteiger partial charge on any atom is -0.465 e. The van der Waals surface area contributed by atoms with Crippen molar-refractivity contribution in [1.29, 1.82) is 0 Å². The lowest BCUT2D eigenvalue weighted by Gasteiger charge is -2.24. The van der Waals surface area contributed by atoms with E-state index in [2.05, 4.69) is 44.4 Å². The second-order valence-corrected chi connectivity index (χ2v) is 18.4. The van der Waals surface area contributed by atoms with Crippen LogP contribution < -0.4 is 0 Å². The first-order valence-electron chi connectivity index (χ1n) is 23.6. The quantitative estimate of drug-likeness (QED) is 0.0256. The Hall–Kier alpha value is -0.970. The minimum absolute atomic E-state index is 0.0772. The summed E-state index contributed by atoms with van der Waals surface area (Å²) in [5, 5.41) is 0. The van der Waals surface area contributed by atoms with Gasteiger partial charge in [-0.15, -0.1) is 0 Å². The number of ether oxygens (including phenoxy) is 3. The smallest absolute Gasteiger partial charge is 0.307 e. The summed E-state index contributed by atoms with van der Waals surface area (Å²) in [6.07, 6.45) is 30.0. The minimum atomic E-state index is -0.303. The molecule has 0 aromatic heterocycles. The largest absolute Gasteiger partial charge is 0.465 e. The highest BCUT2D eigenvalue weighted by Gasteiger charge is 2.16. The van der Waals surface area contributed by atoms with Gasteiger partial charge in [-0.25, -0.2) is 0 Å². The molecule has 0 aliphatic rings. The highest BCUT2D eigenvalue weighted by molar-refractivity contribution is 8.76. The number of carbonyl (C=O) groups excluding carboxylic acids is 3. The summed E-state index contributed by atoms with van der Waals surface area (Å²) in [6, 6.07) is 0. The van der Waals surface area contributed by atoms with Crippen molar-refractivity contribution < 1.29 is 28.6 Å². The summed E-state index contributed by atoms with van der Waals surface area (Å²) in [4.78, 5) is 42.5. The molecule has 0 saturated heterocycles. The van der Waals surface area contributed by atoms with E-state index >= 15 is 0 Å². The van der Waals surface area contributed by atoms with Crippen LogP contribution in [0.25, 0.3) is 0 Å². The van der Waals surface area contributed by atoms with E-state index in [1.54, 1.807) is 10.8 Å². The summed E-state index contributed by atoms with van der Waals surface area (Å²) < 4.78 is 16.5. The molecule has 0 radical (unpaired) electrons. The van der Waals surface area contributed by atoms with Crippen molar-refractivity contribution in [3.63, 3.8) is 0 Å². The summed E-state index contributed by atoms with van der Waals surface area (Å²) >= 11 is 0. The fourth-order valence-electron chi connectivity index (χ4n) is 7.02. The average Bonchev–Trinajstić information content (AvgIpc) is 3.20. The maximum Gasteiger partial charge on any atom is 0.307 e. The number of rotatable bonds is 44. The van der Waals surface area contributed by atoms with Gasteiger partial charge in [0.25, 0.3) is 0 Å². The number of esters is 3. The van der Waals surface area contributed by atoms with Gasteiger partial charge < -0.3 is 24.0 Å². The van der Waals surface area contributed by atoms with Gasteiger partial charge in [-0.05, 0) is 57.8 Å². The van der Waals surface area contributed by atoms with Crippen LogP contribution in [0.15, 0.2) is 0 Å². The Kier molecular flexibility index (Phi) is 42.8. The van der Waals surface area contributed by atoms with Gasteiger partial charge >= 0.3 is 17.9 Å². The van der Waals surface area contributed by atoms with E-state index in [1.165, 1.54) is 128 Å². The highest BCUT2D eigenvalue weighted by atomic mass is 33.1. The molecule has 0 fully saturated rings. The van der Waals surface area contributed by atoms with Crippen molar-refractivity contribution in [3.05, 3.63) is 0 Å². The number of unbranched alkanes of at least 4 members (excludes halogenated alkanes) is 17. The van der Waals surface area contributed by atoms with Crippen molar-refractivity contribution >= 4 is 39.5 Å². The van der Waals surface area contributed by atoms with E-state index in [-0.39, 0.29) is 37.5 Å². The molecular formula is C46H90N2O6S2. The lowest BCUT2D eigenvalue weighted by atomic mass is 9.91. The topological polar surface area (TPSA) is 85.4 Å². The van der Waals surface area contributed by atoms with Crippen LogP contribution in [0.1, 0.15) is 202 Å². The van der Waals surface area contributed by atoms with Gasteiger partial charge in [0.2, 0.25) is 0 Å². The Morgan fingerprint density at radius 3 is 1.34 bits per heavy atom. The van der Waals surface area contributed by atoms with Crippen molar-refractivity contribution in [2.24, 2.45) is 5.92 Å². The van der Waals surface area contributed by atoms with Gasteiger partial charge in [0.1, 0.15) is 19.8 Å². The predicted octanol–water partition coefficient (Wildman–Crippen LogP) is 12.5. The molecule has 0 aromatic carbocycles. The van der Waals surface area contributed by atoms with Crippen LogP contribution in [0, 0.1) is 5.92 Å². The zero-order valence-corrected chi connectivity index (χ0v) is 39.0. The van der Waals surface area contributed by atoms with E-state index in [0.29, 0.717) is 38.5 Å². The molecule has 0 aromatic rings. The average molecular weight is 831 g/mol. The van der Waals surface area contributed by atoms with Crippen molar-refractivity contribution in [2.45, 2.75) is 202 Å². The number of hydrogen-bond acceptors (Lipinski definition) is 10. The molecule has 0 spiro atoms. The first-order valence-corrected chi connectivity index (χ1v) is 26.0. The standard InChI is InChI=1S/C46H90N2O6S2/c1-6-11-14-17-20-21-24-27-40-55-56-41-39-54-45(50)32-36-48(34-28-33-47(9-4)10-5)35-31-44(49)52-37-38-53-46(51)42-43(29-25-22-18-15-12-7-2)30-26-23-19-16-13-8-3/h43H,6-42H2,1-5H3. The van der Waals surface area contributed by atoms with E-state index in [1.807, 2.05) is 10.8 Å². The lowest BCUT2D eigenvalue weighted by molar-refractivity contribution is -0.153. The summed E-state index contributed by atoms with van der Waals surface area (Å²) in [5.74, 6) is 1.68. The molecule has 0 N–H and O–H groups in total. The van der Waals surface area contributed by atoms with Crippen LogP contribution in [0.2, 0.25) is 0 Å². The Morgan fingerprint density at radius 1 is 0.429 bits per heavy atom. The van der Waals surface area contributed by atoms with Gasteiger partial charge in [-0.1, -0.05) is 178 Å². The molecule has 0 aliphatic heterocycles. The molecular weight excluding hydrogens is 741 g/mol. The molecule has 332 valence electrons. The van der Waals surface area contributed by atoms with Gasteiger partial charge in [-0.2, -0.15) is 0 Å². The highest BCUT2D eigenvalue weighted by Crippen LogP contribution is 2.24. The molecule has 0 rings (SSSR count). The maximum atomic E-state index is 12.8. The molecule has 0 amide bonds. The first-order chi connectivity index (χ1) is 27.4. The van der Waals surface area contributed by atoms with Gasteiger partial charge in [0.05, 0.1) is 12.8 Å².